The van der Waals surface area contributed by atoms with Crippen LogP contribution in [0.3, 0.4) is 0 Å². The predicted octanol–water partition coefficient (Wildman–Crippen LogP) is 0.727. The molecule has 1 aliphatic rings. The van der Waals surface area contributed by atoms with Crippen LogP contribution in [0.4, 0.5) is 11.5 Å². The Morgan fingerprint density at radius 3 is 2.79 bits per heavy atom. The van der Waals surface area contributed by atoms with E-state index in [9.17, 15) is 0 Å². The molecule has 0 spiro atoms. The number of rotatable bonds is 1. The van der Waals surface area contributed by atoms with Gasteiger partial charge in [-0.2, -0.15) is 0 Å². The smallest absolute Gasteiger partial charge is 0.151 e. The van der Waals surface area contributed by atoms with Crippen LogP contribution in [0.1, 0.15) is 0 Å². The number of anilines is 2. The molecule has 0 saturated carbocycles. The van der Waals surface area contributed by atoms with Crippen molar-refractivity contribution in [1.82, 2.24) is 10.3 Å². The van der Waals surface area contributed by atoms with Crippen LogP contribution in [0.25, 0.3) is 0 Å². The SMILES string of the molecule is Nc1cc(Cl)cnc1N1CCNCC1. The van der Waals surface area contributed by atoms with Crippen molar-refractivity contribution in [3.63, 3.8) is 0 Å². The molecule has 0 radical (unpaired) electrons. The van der Waals surface area contributed by atoms with Crippen LogP contribution in [-0.4, -0.2) is 31.2 Å². The summed E-state index contributed by atoms with van der Waals surface area (Å²) < 4.78 is 0. The third-order valence-electron chi connectivity index (χ3n) is 2.28. The van der Waals surface area contributed by atoms with E-state index in [4.69, 9.17) is 17.3 Å². The topological polar surface area (TPSA) is 54.2 Å². The average Bonchev–Trinajstić information content (AvgIpc) is 2.19. The summed E-state index contributed by atoms with van der Waals surface area (Å²) in [5.74, 6) is 0.843. The van der Waals surface area contributed by atoms with E-state index in [1.165, 1.54) is 0 Å². The molecule has 1 aromatic rings. The van der Waals surface area contributed by atoms with Gasteiger partial charge in [-0.15, -0.1) is 0 Å². The molecule has 1 fully saturated rings. The summed E-state index contributed by atoms with van der Waals surface area (Å²) in [6.45, 7) is 3.84. The molecular weight excluding hydrogens is 200 g/mol. The summed E-state index contributed by atoms with van der Waals surface area (Å²) in [4.78, 5) is 6.41. The molecule has 0 bridgehead atoms. The van der Waals surface area contributed by atoms with Gasteiger partial charge in [0.2, 0.25) is 0 Å². The first-order chi connectivity index (χ1) is 6.77. The summed E-state index contributed by atoms with van der Waals surface area (Å²) >= 11 is 5.78. The number of hydrogen-bond acceptors (Lipinski definition) is 4. The zero-order valence-electron chi connectivity index (χ0n) is 7.83. The fourth-order valence-corrected chi connectivity index (χ4v) is 1.75. The highest BCUT2D eigenvalue weighted by atomic mass is 35.5. The van der Waals surface area contributed by atoms with Gasteiger partial charge in [0, 0.05) is 32.4 Å². The Morgan fingerprint density at radius 2 is 2.14 bits per heavy atom. The molecular formula is C9H13ClN4. The van der Waals surface area contributed by atoms with Gasteiger partial charge >= 0.3 is 0 Å². The summed E-state index contributed by atoms with van der Waals surface area (Å²) in [5, 5.41) is 3.86. The number of pyridine rings is 1. The Morgan fingerprint density at radius 1 is 1.43 bits per heavy atom. The first-order valence-electron chi connectivity index (χ1n) is 4.64. The van der Waals surface area contributed by atoms with E-state index in [-0.39, 0.29) is 0 Å². The minimum absolute atomic E-state index is 0.585. The van der Waals surface area contributed by atoms with Crippen molar-refractivity contribution in [1.29, 1.82) is 0 Å². The van der Waals surface area contributed by atoms with E-state index < -0.39 is 0 Å². The van der Waals surface area contributed by atoms with Crippen molar-refractivity contribution in [2.45, 2.75) is 0 Å². The molecule has 0 atom stereocenters. The Kier molecular flexibility index (Phi) is 2.74. The average molecular weight is 213 g/mol. The normalized spacial score (nSPS) is 17.1. The van der Waals surface area contributed by atoms with Crippen LogP contribution in [0.5, 0.6) is 0 Å². The lowest BCUT2D eigenvalue weighted by Gasteiger charge is -2.29. The maximum atomic E-state index is 5.84. The molecule has 76 valence electrons. The summed E-state index contributed by atoms with van der Waals surface area (Å²) in [6.07, 6.45) is 1.63. The highest BCUT2D eigenvalue weighted by molar-refractivity contribution is 6.30. The predicted molar refractivity (Wildman–Crippen MR) is 58.7 cm³/mol. The molecule has 0 aliphatic carbocycles. The van der Waals surface area contributed by atoms with E-state index in [0.29, 0.717) is 10.7 Å². The molecule has 2 rings (SSSR count). The third kappa shape index (κ3) is 1.91. The summed E-state index contributed by atoms with van der Waals surface area (Å²) in [5.41, 5.74) is 6.50. The second kappa shape index (κ2) is 4.02. The maximum Gasteiger partial charge on any atom is 0.151 e. The summed E-state index contributed by atoms with van der Waals surface area (Å²) in [6, 6.07) is 1.74. The van der Waals surface area contributed by atoms with Gasteiger partial charge < -0.3 is 16.0 Å². The number of piperazine rings is 1. The van der Waals surface area contributed by atoms with Crippen molar-refractivity contribution < 1.29 is 0 Å². The van der Waals surface area contributed by atoms with E-state index in [0.717, 1.165) is 32.0 Å². The van der Waals surface area contributed by atoms with E-state index in [1.807, 2.05) is 0 Å². The minimum Gasteiger partial charge on any atom is -0.396 e. The first kappa shape index (κ1) is 9.55. The van der Waals surface area contributed by atoms with E-state index in [2.05, 4.69) is 15.2 Å². The lowest BCUT2D eigenvalue weighted by Crippen LogP contribution is -2.44. The Labute approximate surface area is 88.1 Å². The fourth-order valence-electron chi connectivity index (χ4n) is 1.59. The highest BCUT2D eigenvalue weighted by Gasteiger charge is 2.14. The van der Waals surface area contributed by atoms with Crippen LogP contribution in [-0.2, 0) is 0 Å². The molecule has 1 aromatic heterocycles. The molecule has 14 heavy (non-hydrogen) atoms. The molecule has 0 amide bonds. The monoisotopic (exact) mass is 212 g/mol. The highest BCUT2D eigenvalue weighted by Crippen LogP contribution is 2.23. The summed E-state index contributed by atoms with van der Waals surface area (Å²) in [7, 11) is 0. The standard InChI is InChI=1S/C9H13ClN4/c10-7-5-8(11)9(13-6-7)14-3-1-12-2-4-14/h5-6,12H,1-4,11H2. The molecule has 1 aliphatic heterocycles. The van der Waals surface area contributed by atoms with Gasteiger partial charge in [0.15, 0.2) is 5.82 Å². The van der Waals surface area contributed by atoms with Crippen LogP contribution in [0.2, 0.25) is 5.02 Å². The number of hydrogen-bond donors (Lipinski definition) is 2. The van der Waals surface area contributed by atoms with Crippen molar-refractivity contribution in [2.24, 2.45) is 0 Å². The zero-order chi connectivity index (χ0) is 9.97. The number of nitrogens with zero attached hydrogens (tertiary/aromatic N) is 2. The molecule has 4 nitrogen and oxygen atoms in total. The van der Waals surface area contributed by atoms with Gasteiger partial charge in [0.25, 0.3) is 0 Å². The Bertz CT molecular complexity index is 323. The van der Waals surface area contributed by atoms with Crippen LogP contribution >= 0.6 is 11.6 Å². The first-order valence-corrected chi connectivity index (χ1v) is 5.02. The number of halogens is 1. The van der Waals surface area contributed by atoms with E-state index >= 15 is 0 Å². The molecule has 5 heteroatoms. The van der Waals surface area contributed by atoms with Gasteiger partial charge in [-0.05, 0) is 6.07 Å². The van der Waals surface area contributed by atoms with Crippen molar-refractivity contribution in [3.05, 3.63) is 17.3 Å². The number of nitrogens with one attached hydrogen (secondary N) is 1. The van der Waals surface area contributed by atoms with Crippen molar-refractivity contribution in [3.8, 4) is 0 Å². The molecule has 1 saturated heterocycles. The minimum atomic E-state index is 0.585. The second-order valence-corrected chi connectivity index (χ2v) is 3.74. The number of nitrogens with two attached hydrogens (primary N) is 1. The van der Waals surface area contributed by atoms with Gasteiger partial charge in [0.1, 0.15) is 0 Å². The Balaban J connectivity index is 2.22. The lowest BCUT2D eigenvalue weighted by atomic mass is 10.3. The number of aromatic nitrogens is 1. The third-order valence-corrected chi connectivity index (χ3v) is 2.48. The molecule has 0 unspecified atom stereocenters. The fraction of sp³-hybridized carbons (Fsp3) is 0.444. The molecule has 2 heterocycles. The van der Waals surface area contributed by atoms with Crippen LogP contribution in [0, 0.1) is 0 Å². The Hall–Kier alpha value is -1.00. The van der Waals surface area contributed by atoms with Crippen molar-refractivity contribution in [2.75, 3.05) is 36.8 Å². The van der Waals surface area contributed by atoms with Crippen LogP contribution < -0.4 is 16.0 Å². The zero-order valence-corrected chi connectivity index (χ0v) is 8.59. The second-order valence-electron chi connectivity index (χ2n) is 3.30. The maximum absolute atomic E-state index is 5.84. The largest absolute Gasteiger partial charge is 0.396 e. The number of nitrogen functional groups attached to an aromatic ring is 1. The van der Waals surface area contributed by atoms with Gasteiger partial charge in [-0.25, -0.2) is 4.98 Å². The van der Waals surface area contributed by atoms with Gasteiger partial charge in [0.05, 0.1) is 10.7 Å². The lowest BCUT2D eigenvalue weighted by molar-refractivity contribution is 0.585. The van der Waals surface area contributed by atoms with Crippen LogP contribution in [0.15, 0.2) is 12.3 Å². The van der Waals surface area contributed by atoms with E-state index in [1.54, 1.807) is 12.3 Å². The molecule has 3 N–H and O–H groups in total. The van der Waals surface area contributed by atoms with Crippen molar-refractivity contribution >= 4 is 23.1 Å². The van der Waals surface area contributed by atoms with Gasteiger partial charge in [-0.3, -0.25) is 0 Å². The molecule has 0 aromatic carbocycles. The quantitative estimate of drug-likeness (QED) is 0.721. The van der Waals surface area contributed by atoms with Gasteiger partial charge in [-0.1, -0.05) is 11.6 Å².